The molecule has 1 aromatic carbocycles. The van der Waals surface area contributed by atoms with Gasteiger partial charge in [0.2, 0.25) is 5.91 Å². The van der Waals surface area contributed by atoms with Gasteiger partial charge in [-0.2, -0.15) is 5.10 Å². The molecular formula is C16H18ClN3O. The van der Waals surface area contributed by atoms with E-state index in [1.165, 1.54) is 6.08 Å². The van der Waals surface area contributed by atoms with Crippen LogP contribution in [0.15, 0.2) is 24.3 Å². The molecule has 110 valence electrons. The molecule has 1 N–H and O–H groups in total. The molecule has 0 saturated carbocycles. The summed E-state index contributed by atoms with van der Waals surface area (Å²) in [6, 6.07) is 5.90. The van der Waals surface area contributed by atoms with E-state index in [-0.39, 0.29) is 5.91 Å². The average Bonchev–Trinajstić information content (AvgIpc) is 2.66. The lowest BCUT2D eigenvalue weighted by Gasteiger charge is -2.09. The van der Waals surface area contributed by atoms with Crippen molar-refractivity contribution < 1.29 is 4.79 Å². The van der Waals surface area contributed by atoms with E-state index in [4.69, 9.17) is 11.6 Å². The van der Waals surface area contributed by atoms with Gasteiger partial charge in [0.25, 0.3) is 0 Å². The molecule has 0 aliphatic heterocycles. The Morgan fingerprint density at radius 1 is 1.29 bits per heavy atom. The summed E-state index contributed by atoms with van der Waals surface area (Å²) in [5.74, 6) is -0.188. The van der Waals surface area contributed by atoms with Gasteiger partial charge in [0, 0.05) is 24.4 Å². The Morgan fingerprint density at radius 2 is 1.90 bits per heavy atom. The minimum absolute atomic E-state index is 0.188. The molecule has 0 radical (unpaired) electrons. The molecular weight excluding hydrogens is 286 g/mol. The second-order valence-corrected chi connectivity index (χ2v) is 5.36. The molecule has 0 spiro atoms. The molecule has 0 aliphatic carbocycles. The summed E-state index contributed by atoms with van der Waals surface area (Å²) in [6.45, 7) is 5.79. The fourth-order valence-corrected chi connectivity index (χ4v) is 2.41. The largest absolute Gasteiger partial charge is 0.322 e. The first kappa shape index (κ1) is 15.3. The zero-order valence-electron chi connectivity index (χ0n) is 12.6. The normalized spacial score (nSPS) is 11.1. The second-order valence-electron chi connectivity index (χ2n) is 5.00. The number of rotatable bonds is 3. The van der Waals surface area contributed by atoms with Crippen LogP contribution in [0.2, 0.25) is 5.15 Å². The highest BCUT2D eigenvalue weighted by Crippen LogP contribution is 2.21. The molecule has 4 nitrogen and oxygen atoms in total. The molecule has 0 aliphatic rings. The van der Waals surface area contributed by atoms with Crippen LogP contribution in [0.1, 0.15) is 22.4 Å². The molecule has 0 atom stereocenters. The van der Waals surface area contributed by atoms with Crippen molar-refractivity contribution >= 4 is 29.3 Å². The molecule has 0 saturated heterocycles. The Bertz CT molecular complexity index is 696. The number of hydrogen-bond acceptors (Lipinski definition) is 2. The summed E-state index contributed by atoms with van der Waals surface area (Å²) in [6.07, 6.45) is 3.16. The van der Waals surface area contributed by atoms with Gasteiger partial charge in [-0.1, -0.05) is 29.8 Å². The van der Waals surface area contributed by atoms with Crippen LogP contribution in [0.25, 0.3) is 6.08 Å². The average molecular weight is 304 g/mol. The first-order valence-corrected chi connectivity index (χ1v) is 7.02. The van der Waals surface area contributed by atoms with Crippen molar-refractivity contribution in [3.05, 3.63) is 51.8 Å². The third-order valence-corrected chi connectivity index (χ3v) is 3.78. The van der Waals surface area contributed by atoms with Crippen molar-refractivity contribution in [2.75, 3.05) is 5.32 Å². The van der Waals surface area contributed by atoms with E-state index < -0.39 is 0 Å². The van der Waals surface area contributed by atoms with Crippen LogP contribution in [0.4, 0.5) is 5.69 Å². The van der Waals surface area contributed by atoms with Crippen LogP contribution in [0.3, 0.4) is 0 Å². The number of aromatic nitrogens is 2. The first-order valence-electron chi connectivity index (χ1n) is 6.64. The van der Waals surface area contributed by atoms with Crippen LogP contribution in [-0.2, 0) is 11.8 Å². The molecule has 1 heterocycles. The van der Waals surface area contributed by atoms with E-state index in [1.54, 1.807) is 17.8 Å². The molecule has 5 heteroatoms. The van der Waals surface area contributed by atoms with Gasteiger partial charge < -0.3 is 5.32 Å². The van der Waals surface area contributed by atoms with Crippen molar-refractivity contribution in [3.63, 3.8) is 0 Å². The summed E-state index contributed by atoms with van der Waals surface area (Å²) in [4.78, 5) is 12.1. The van der Waals surface area contributed by atoms with Crippen LogP contribution in [0.5, 0.6) is 0 Å². The van der Waals surface area contributed by atoms with Crippen molar-refractivity contribution in [3.8, 4) is 0 Å². The first-order chi connectivity index (χ1) is 9.90. The Balaban J connectivity index is 2.17. The van der Waals surface area contributed by atoms with E-state index in [9.17, 15) is 4.79 Å². The van der Waals surface area contributed by atoms with Gasteiger partial charge in [0.1, 0.15) is 5.15 Å². The summed E-state index contributed by atoms with van der Waals surface area (Å²) >= 11 is 6.13. The second kappa shape index (κ2) is 6.14. The Morgan fingerprint density at radius 3 is 2.43 bits per heavy atom. The molecule has 2 rings (SSSR count). The highest BCUT2D eigenvalue weighted by molar-refractivity contribution is 6.31. The summed E-state index contributed by atoms with van der Waals surface area (Å²) in [5.41, 5.74) is 4.47. The van der Waals surface area contributed by atoms with Crippen molar-refractivity contribution in [1.82, 2.24) is 9.78 Å². The number of aryl methyl sites for hydroxylation is 4. The molecule has 21 heavy (non-hydrogen) atoms. The minimum atomic E-state index is -0.188. The van der Waals surface area contributed by atoms with E-state index in [2.05, 4.69) is 10.4 Å². The van der Waals surface area contributed by atoms with Gasteiger partial charge in [-0.3, -0.25) is 9.48 Å². The smallest absolute Gasteiger partial charge is 0.248 e. The number of hydrogen-bond donors (Lipinski definition) is 1. The minimum Gasteiger partial charge on any atom is -0.322 e. The molecule has 0 unspecified atom stereocenters. The molecule has 2 aromatic rings. The number of halogens is 1. The lowest BCUT2D eigenvalue weighted by Crippen LogP contribution is -2.10. The van der Waals surface area contributed by atoms with E-state index in [1.807, 2.05) is 39.0 Å². The SMILES string of the molecule is Cc1cccc(C)c1NC(=O)/C=C/c1c(C)nn(C)c1Cl. The highest BCUT2D eigenvalue weighted by atomic mass is 35.5. The predicted molar refractivity (Wildman–Crippen MR) is 86.5 cm³/mol. The number of nitrogens with one attached hydrogen (secondary N) is 1. The van der Waals surface area contributed by atoms with Crippen LogP contribution < -0.4 is 5.32 Å². The lowest BCUT2D eigenvalue weighted by atomic mass is 10.1. The Hall–Kier alpha value is -2.07. The van der Waals surface area contributed by atoms with Crippen LogP contribution >= 0.6 is 11.6 Å². The van der Waals surface area contributed by atoms with Crippen molar-refractivity contribution in [2.24, 2.45) is 7.05 Å². The number of para-hydroxylation sites is 1. The van der Waals surface area contributed by atoms with E-state index in [0.29, 0.717) is 5.15 Å². The predicted octanol–water partition coefficient (Wildman–Crippen LogP) is 3.65. The van der Waals surface area contributed by atoms with Gasteiger partial charge in [0.05, 0.1) is 5.69 Å². The summed E-state index contributed by atoms with van der Waals surface area (Å²) in [5, 5.41) is 7.62. The number of nitrogens with zero attached hydrogens (tertiary/aromatic N) is 2. The number of anilines is 1. The topological polar surface area (TPSA) is 46.9 Å². The quantitative estimate of drug-likeness (QED) is 0.880. The standard InChI is InChI=1S/C16H18ClN3O/c1-10-6-5-7-11(2)15(10)18-14(21)9-8-13-12(3)19-20(4)16(13)17/h5-9H,1-4H3,(H,18,21)/b9-8+. The van der Waals surface area contributed by atoms with Crippen molar-refractivity contribution in [1.29, 1.82) is 0 Å². The molecule has 0 bridgehead atoms. The van der Waals surface area contributed by atoms with Gasteiger partial charge in [-0.15, -0.1) is 0 Å². The van der Waals surface area contributed by atoms with Gasteiger partial charge in [0.15, 0.2) is 0 Å². The van der Waals surface area contributed by atoms with Crippen LogP contribution in [0, 0.1) is 20.8 Å². The fraction of sp³-hybridized carbons (Fsp3) is 0.250. The van der Waals surface area contributed by atoms with Gasteiger partial charge in [-0.25, -0.2) is 0 Å². The highest BCUT2D eigenvalue weighted by Gasteiger charge is 2.09. The maximum absolute atomic E-state index is 12.1. The third kappa shape index (κ3) is 3.34. The maximum Gasteiger partial charge on any atom is 0.248 e. The monoisotopic (exact) mass is 303 g/mol. The zero-order chi connectivity index (χ0) is 15.6. The molecule has 1 amide bonds. The molecule has 1 aromatic heterocycles. The summed E-state index contributed by atoms with van der Waals surface area (Å²) < 4.78 is 1.58. The van der Waals surface area contributed by atoms with Crippen molar-refractivity contribution in [2.45, 2.75) is 20.8 Å². The lowest BCUT2D eigenvalue weighted by molar-refractivity contribution is -0.111. The number of carbonyl (C=O) groups excluding carboxylic acids is 1. The number of carbonyl (C=O) groups is 1. The Labute approximate surface area is 129 Å². The van der Waals surface area contributed by atoms with Crippen LogP contribution in [-0.4, -0.2) is 15.7 Å². The van der Waals surface area contributed by atoms with Gasteiger partial charge >= 0.3 is 0 Å². The van der Waals surface area contributed by atoms with Gasteiger partial charge in [-0.05, 0) is 38.0 Å². The number of benzene rings is 1. The third-order valence-electron chi connectivity index (χ3n) is 3.33. The number of amides is 1. The Kier molecular flexibility index (Phi) is 4.48. The summed E-state index contributed by atoms with van der Waals surface area (Å²) in [7, 11) is 1.77. The maximum atomic E-state index is 12.1. The van der Waals surface area contributed by atoms with E-state index in [0.717, 1.165) is 28.1 Å². The fourth-order valence-electron chi connectivity index (χ4n) is 2.17. The molecule has 0 fully saturated rings. The zero-order valence-corrected chi connectivity index (χ0v) is 13.3. The van der Waals surface area contributed by atoms with E-state index >= 15 is 0 Å².